The zero-order valence-corrected chi connectivity index (χ0v) is 15.4. The first-order valence-corrected chi connectivity index (χ1v) is 9.44. The van der Waals surface area contributed by atoms with Crippen molar-refractivity contribution in [1.82, 2.24) is 15.0 Å². The maximum atomic E-state index is 12.7. The van der Waals surface area contributed by atoms with Gasteiger partial charge in [-0.15, -0.1) is 0 Å². The lowest BCUT2D eigenvalue weighted by Crippen LogP contribution is -2.40. The molecule has 2 aliphatic rings. The fourth-order valence-electron chi connectivity index (χ4n) is 4.52. The number of hydrogen-bond acceptors (Lipinski definition) is 5. The maximum absolute atomic E-state index is 12.7. The highest BCUT2D eigenvalue weighted by Crippen LogP contribution is 2.50. The van der Waals surface area contributed by atoms with E-state index in [0.717, 1.165) is 31.4 Å². The molecule has 26 heavy (non-hydrogen) atoms. The van der Waals surface area contributed by atoms with E-state index < -0.39 is 6.10 Å². The van der Waals surface area contributed by atoms with Crippen LogP contribution in [0.1, 0.15) is 39.0 Å². The van der Waals surface area contributed by atoms with Crippen molar-refractivity contribution < 1.29 is 14.1 Å². The van der Waals surface area contributed by atoms with E-state index in [4.69, 9.17) is 14.2 Å². The number of hydrogen-bond donors (Lipinski definition) is 0. The van der Waals surface area contributed by atoms with Gasteiger partial charge in [0, 0.05) is 25.3 Å². The van der Waals surface area contributed by atoms with Crippen molar-refractivity contribution in [2.45, 2.75) is 44.6 Å². The summed E-state index contributed by atoms with van der Waals surface area (Å²) in [6.45, 7) is 5.67. The molecule has 2 aromatic rings. The first kappa shape index (κ1) is 17.2. The molecule has 0 N–H and O–H groups in total. The molecular formula is C20H25N3O3. The van der Waals surface area contributed by atoms with E-state index in [2.05, 4.69) is 5.16 Å². The minimum absolute atomic E-state index is 0.0587. The smallest absolute Gasteiger partial charge is 0.251 e. The summed E-state index contributed by atoms with van der Waals surface area (Å²) in [5.74, 6) is 1.74. The molecule has 0 spiro atoms. The van der Waals surface area contributed by atoms with Gasteiger partial charge in [0.15, 0.2) is 0 Å². The average molecular weight is 355 g/mol. The lowest BCUT2D eigenvalue weighted by Gasteiger charge is -2.25. The molecule has 138 valence electrons. The first-order valence-electron chi connectivity index (χ1n) is 9.44. The van der Waals surface area contributed by atoms with Crippen LogP contribution in [0.15, 0.2) is 34.9 Å². The average Bonchev–Trinajstić information content (AvgIpc) is 3.35. The highest BCUT2D eigenvalue weighted by atomic mass is 16.5. The Morgan fingerprint density at radius 3 is 3.00 bits per heavy atom. The number of aromatic nitrogens is 2. The molecule has 1 aromatic carbocycles. The molecule has 4 rings (SSSR count). The Morgan fingerprint density at radius 1 is 1.42 bits per heavy atom. The fraction of sp³-hybridized carbons (Fsp3) is 0.550. The first-order chi connectivity index (χ1) is 12.6. The Labute approximate surface area is 153 Å². The molecule has 1 aliphatic heterocycles. The minimum atomic E-state index is -0.404. The van der Waals surface area contributed by atoms with Crippen LogP contribution in [0.3, 0.4) is 0 Å². The third-order valence-electron chi connectivity index (χ3n) is 5.83. The van der Waals surface area contributed by atoms with Crippen LogP contribution in [0.2, 0.25) is 0 Å². The van der Waals surface area contributed by atoms with Crippen LogP contribution in [-0.4, -0.2) is 46.7 Å². The van der Waals surface area contributed by atoms with Crippen molar-refractivity contribution in [3.8, 4) is 11.4 Å². The zero-order valence-electron chi connectivity index (χ0n) is 15.4. The van der Waals surface area contributed by atoms with Crippen LogP contribution in [-0.2, 0) is 14.9 Å². The molecule has 1 saturated carbocycles. The summed E-state index contributed by atoms with van der Waals surface area (Å²) in [6, 6.07) is 9.86. The van der Waals surface area contributed by atoms with Gasteiger partial charge in [0.1, 0.15) is 6.10 Å². The molecule has 0 unspecified atom stereocenters. The molecular weight excluding hydrogens is 330 g/mol. The van der Waals surface area contributed by atoms with Crippen molar-refractivity contribution in [3.05, 3.63) is 36.2 Å². The number of benzene rings is 1. The summed E-state index contributed by atoms with van der Waals surface area (Å²) >= 11 is 0. The van der Waals surface area contributed by atoms with Gasteiger partial charge in [-0.05, 0) is 32.6 Å². The summed E-state index contributed by atoms with van der Waals surface area (Å²) in [5, 5.41) is 4.21. The van der Waals surface area contributed by atoms with Crippen molar-refractivity contribution >= 4 is 5.91 Å². The lowest BCUT2D eigenvalue weighted by atomic mass is 9.80. The third-order valence-corrected chi connectivity index (χ3v) is 5.83. The topological polar surface area (TPSA) is 68.5 Å². The van der Waals surface area contributed by atoms with Crippen LogP contribution < -0.4 is 0 Å². The molecule has 2 heterocycles. The molecule has 0 radical (unpaired) electrons. The highest BCUT2D eigenvalue weighted by Gasteiger charge is 2.55. The number of likely N-dealkylation sites (tertiary alicyclic amines) is 1. The third kappa shape index (κ3) is 2.82. The molecule has 1 aliphatic carbocycles. The predicted molar refractivity (Wildman–Crippen MR) is 96.4 cm³/mol. The van der Waals surface area contributed by atoms with E-state index in [1.165, 1.54) is 0 Å². The standard InChI is InChI=1S/C20H25N3O3/c1-3-25-14(2)18(24)23-12-16-10-7-11-20(16,13-23)19-21-17(22-26-19)15-8-5-4-6-9-15/h4-6,8-9,14,16H,3,7,10-13H2,1-2H3/t14-,16+,20+/m0/s1. The lowest BCUT2D eigenvalue weighted by molar-refractivity contribution is -0.141. The molecule has 6 nitrogen and oxygen atoms in total. The van der Waals surface area contributed by atoms with Crippen LogP contribution in [0, 0.1) is 5.92 Å². The number of ether oxygens (including phenoxy) is 1. The van der Waals surface area contributed by atoms with E-state index in [0.29, 0.717) is 30.8 Å². The summed E-state index contributed by atoms with van der Waals surface area (Å²) in [7, 11) is 0. The van der Waals surface area contributed by atoms with Gasteiger partial charge in [0.25, 0.3) is 5.91 Å². The van der Waals surface area contributed by atoms with E-state index in [9.17, 15) is 4.79 Å². The van der Waals surface area contributed by atoms with Crippen LogP contribution in [0.4, 0.5) is 0 Å². The van der Waals surface area contributed by atoms with Crippen molar-refractivity contribution in [1.29, 1.82) is 0 Å². The summed E-state index contributed by atoms with van der Waals surface area (Å²) in [6.07, 6.45) is 2.81. The Balaban J connectivity index is 1.59. The number of fused-ring (bicyclic) bond motifs is 1. The zero-order chi connectivity index (χ0) is 18.1. The second kappa shape index (κ2) is 6.83. The Kier molecular flexibility index (Phi) is 4.53. The Morgan fingerprint density at radius 2 is 2.23 bits per heavy atom. The molecule has 6 heteroatoms. The van der Waals surface area contributed by atoms with Gasteiger partial charge in [0.2, 0.25) is 11.7 Å². The van der Waals surface area contributed by atoms with Crippen molar-refractivity contribution in [2.75, 3.05) is 19.7 Å². The molecule has 1 saturated heterocycles. The van der Waals surface area contributed by atoms with Gasteiger partial charge in [-0.2, -0.15) is 4.98 Å². The van der Waals surface area contributed by atoms with Gasteiger partial charge in [0.05, 0.1) is 5.41 Å². The number of amides is 1. The molecule has 1 aromatic heterocycles. The second-order valence-corrected chi connectivity index (χ2v) is 7.35. The van der Waals surface area contributed by atoms with Crippen LogP contribution >= 0.6 is 0 Å². The fourth-order valence-corrected chi connectivity index (χ4v) is 4.52. The van der Waals surface area contributed by atoms with Crippen LogP contribution in [0.25, 0.3) is 11.4 Å². The largest absolute Gasteiger partial charge is 0.369 e. The van der Waals surface area contributed by atoms with E-state index in [1.807, 2.05) is 49.1 Å². The predicted octanol–water partition coefficient (Wildman–Crippen LogP) is 3.04. The highest BCUT2D eigenvalue weighted by molar-refractivity contribution is 5.81. The number of carbonyl (C=O) groups is 1. The van der Waals surface area contributed by atoms with E-state index in [1.54, 1.807) is 0 Å². The van der Waals surface area contributed by atoms with Gasteiger partial charge in [-0.3, -0.25) is 4.79 Å². The maximum Gasteiger partial charge on any atom is 0.251 e. The molecule has 2 fully saturated rings. The van der Waals surface area contributed by atoms with Gasteiger partial charge in [-0.1, -0.05) is 41.9 Å². The summed E-state index contributed by atoms with van der Waals surface area (Å²) < 4.78 is 11.2. The number of rotatable bonds is 5. The minimum Gasteiger partial charge on any atom is -0.369 e. The van der Waals surface area contributed by atoms with Crippen molar-refractivity contribution in [3.63, 3.8) is 0 Å². The van der Waals surface area contributed by atoms with Gasteiger partial charge < -0.3 is 14.2 Å². The summed E-state index contributed by atoms with van der Waals surface area (Å²) in [4.78, 5) is 19.4. The van der Waals surface area contributed by atoms with Gasteiger partial charge >= 0.3 is 0 Å². The van der Waals surface area contributed by atoms with E-state index >= 15 is 0 Å². The molecule has 1 amide bonds. The molecule has 0 bridgehead atoms. The summed E-state index contributed by atoms with van der Waals surface area (Å²) in [5.41, 5.74) is 0.742. The number of carbonyl (C=O) groups excluding carboxylic acids is 1. The quantitative estimate of drug-likeness (QED) is 0.824. The monoisotopic (exact) mass is 355 g/mol. The Hall–Kier alpha value is -2.21. The Bertz CT molecular complexity index is 776. The van der Waals surface area contributed by atoms with E-state index in [-0.39, 0.29) is 11.3 Å². The van der Waals surface area contributed by atoms with Crippen LogP contribution in [0.5, 0.6) is 0 Å². The number of nitrogens with zero attached hydrogens (tertiary/aromatic N) is 3. The SMILES string of the molecule is CCO[C@@H](C)C(=O)N1C[C@H]2CCC[C@@]2(c2nc(-c3ccccc3)no2)C1. The van der Waals surface area contributed by atoms with Crippen molar-refractivity contribution in [2.24, 2.45) is 5.92 Å². The second-order valence-electron chi connectivity index (χ2n) is 7.35. The van der Waals surface area contributed by atoms with Gasteiger partial charge in [-0.25, -0.2) is 0 Å². The molecule has 3 atom stereocenters. The normalized spacial score (nSPS) is 26.1.